The van der Waals surface area contributed by atoms with E-state index in [4.69, 9.17) is 5.73 Å². The topological polar surface area (TPSA) is 72.2 Å². The van der Waals surface area contributed by atoms with Crippen molar-refractivity contribution in [2.24, 2.45) is 16.7 Å². The molecule has 1 aromatic rings. The number of nitrogen functional groups attached to an aromatic ring is 1. The van der Waals surface area contributed by atoms with E-state index < -0.39 is 15.8 Å². The molecule has 0 heterocycles. The van der Waals surface area contributed by atoms with Crippen LogP contribution < -0.4 is 10.5 Å². The Balaban J connectivity index is 2.19. The van der Waals surface area contributed by atoms with Gasteiger partial charge in [-0.05, 0) is 44.8 Å². The number of anilines is 1. The van der Waals surface area contributed by atoms with E-state index in [1.54, 1.807) is 0 Å². The zero-order valence-corrected chi connectivity index (χ0v) is 14.9. The highest BCUT2D eigenvalue weighted by Gasteiger charge is 2.64. The van der Waals surface area contributed by atoms with Crippen LogP contribution in [-0.4, -0.2) is 15.0 Å². The van der Waals surface area contributed by atoms with Crippen molar-refractivity contribution in [3.63, 3.8) is 0 Å². The second-order valence-corrected chi connectivity index (χ2v) is 9.24. The Labute approximate surface area is 133 Å². The minimum atomic E-state index is -3.76. The molecule has 1 saturated carbocycles. The van der Waals surface area contributed by atoms with Crippen LogP contribution in [0.4, 0.5) is 10.1 Å². The van der Waals surface area contributed by atoms with Gasteiger partial charge in [0.25, 0.3) is 0 Å². The molecule has 0 bridgehead atoms. The van der Waals surface area contributed by atoms with E-state index in [1.807, 2.05) is 0 Å². The average Bonchev–Trinajstić information content (AvgIpc) is 2.71. The van der Waals surface area contributed by atoms with Crippen LogP contribution in [0.2, 0.25) is 0 Å². The standard InChI is InChI=1S/C14H20BrFN2O2S/c1-13(2)12(14(13,3)4)7-18-21(19,20)11-5-8(15)9(16)6-10(11)17/h5-6,12,18H,7,17H2,1-4H3. The minimum absolute atomic E-state index is 0.0733. The van der Waals surface area contributed by atoms with Crippen LogP contribution in [0.3, 0.4) is 0 Å². The monoisotopic (exact) mass is 378 g/mol. The molecule has 1 fully saturated rings. The zero-order chi connectivity index (χ0) is 16.2. The Kier molecular flexibility index (Phi) is 3.92. The quantitative estimate of drug-likeness (QED) is 0.790. The SMILES string of the molecule is CC1(C)C(CNS(=O)(=O)c2cc(Br)c(F)cc2N)C1(C)C. The Hall–Kier alpha value is -0.660. The first-order valence-electron chi connectivity index (χ1n) is 6.65. The van der Waals surface area contributed by atoms with E-state index in [9.17, 15) is 12.8 Å². The molecule has 0 aromatic heterocycles. The molecular weight excluding hydrogens is 359 g/mol. The summed E-state index contributed by atoms with van der Waals surface area (Å²) in [4.78, 5) is -0.105. The summed E-state index contributed by atoms with van der Waals surface area (Å²) in [6.07, 6.45) is 0. The molecule has 118 valence electrons. The third kappa shape index (κ3) is 2.71. The fourth-order valence-electron chi connectivity index (χ4n) is 2.89. The third-order valence-corrected chi connectivity index (χ3v) is 7.23. The maximum atomic E-state index is 13.3. The van der Waals surface area contributed by atoms with Crippen LogP contribution in [0.25, 0.3) is 0 Å². The summed E-state index contributed by atoms with van der Waals surface area (Å²) in [5.41, 5.74) is 5.70. The molecule has 21 heavy (non-hydrogen) atoms. The van der Waals surface area contributed by atoms with Crippen molar-refractivity contribution in [1.29, 1.82) is 0 Å². The number of hydrogen-bond acceptors (Lipinski definition) is 3. The maximum Gasteiger partial charge on any atom is 0.242 e. The van der Waals surface area contributed by atoms with Crippen LogP contribution >= 0.6 is 15.9 Å². The molecule has 0 saturated heterocycles. The molecule has 3 N–H and O–H groups in total. The van der Waals surface area contributed by atoms with Crippen molar-refractivity contribution < 1.29 is 12.8 Å². The van der Waals surface area contributed by atoms with Gasteiger partial charge < -0.3 is 5.73 Å². The van der Waals surface area contributed by atoms with Crippen LogP contribution in [-0.2, 0) is 10.0 Å². The highest BCUT2D eigenvalue weighted by atomic mass is 79.9. The van der Waals surface area contributed by atoms with Crippen LogP contribution in [0.1, 0.15) is 27.7 Å². The normalized spacial score (nSPS) is 20.5. The first kappa shape index (κ1) is 16.7. The summed E-state index contributed by atoms with van der Waals surface area (Å²) in [5.74, 6) is -0.333. The second kappa shape index (κ2) is 4.93. The lowest BCUT2D eigenvalue weighted by atomic mass is 10.0. The molecule has 7 heteroatoms. The molecule has 0 unspecified atom stereocenters. The first-order chi connectivity index (χ1) is 9.41. The lowest BCUT2D eigenvalue weighted by Crippen LogP contribution is -2.28. The van der Waals surface area contributed by atoms with Crippen molar-refractivity contribution in [2.45, 2.75) is 32.6 Å². The molecule has 1 aliphatic carbocycles. The predicted octanol–water partition coefficient (Wildman–Crippen LogP) is 3.13. The number of rotatable bonds is 4. The van der Waals surface area contributed by atoms with Crippen LogP contribution in [0.15, 0.2) is 21.5 Å². The highest BCUT2D eigenvalue weighted by molar-refractivity contribution is 9.10. The molecule has 4 nitrogen and oxygen atoms in total. The molecule has 0 spiro atoms. The van der Waals surface area contributed by atoms with E-state index >= 15 is 0 Å². The smallest absolute Gasteiger partial charge is 0.242 e. The number of hydrogen-bond donors (Lipinski definition) is 2. The van der Waals surface area contributed by atoms with Crippen molar-refractivity contribution in [2.75, 3.05) is 12.3 Å². The number of halogens is 2. The molecule has 1 aliphatic rings. The van der Waals surface area contributed by atoms with Gasteiger partial charge in [0.1, 0.15) is 10.7 Å². The molecular formula is C14H20BrFN2O2S. The summed E-state index contributed by atoms with van der Waals surface area (Å²) in [6, 6.07) is 2.19. The number of nitrogens with two attached hydrogens (primary N) is 1. The van der Waals surface area contributed by atoms with E-state index in [0.717, 1.165) is 6.07 Å². The molecule has 0 amide bonds. The lowest BCUT2D eigenvalue weighted by molar-refractivity contribution is 0.457. The molecule has 0 aliphatic heterocycles. The van der Waals surface area contributed by atoms with Crippen LogP contribution in [0, 0.1) is 22.6 Å². The van der Waals surface area contributed by atoms with E-state index in [2.05, 4.69) is 48.3 Å². The summed E-state index contributed by atoms with van der Waals surface area (Å²) >= 11 is 2.98. The number of benzene rings is 1. The summed E-state index contributed by atoms with van der Waals surface area (Å²) in [7, 11) is -3.76. The van der Waals surface area contributed by atoms with E-state index in [0.29, 0.717) is 6.54 Å². The van der Waals surface area contributed by atoms with Crippen molar-refractivity contribution in [3.8, 4) is 0 Å². The second-order valence-electron chi connectivity index (χ2n) is 6.65. The van der Waals surface area contributed by atoms with E-state index in [1.165, 1.54) is 6.07 Å². The van der Waals surface area contributed by atoms with Crippen LogP contribution in [0.5, 0.6) is 0 Å². The Morgan fingerprint density at radius 1 is 1.29 bits per heavy atom. The summed E-state index contributed by atoms with van der Waals surface area (Å²) < 4.78 is 40.7. The van der Waals surface area contributed by atoms with Crippen molar-refractivity contribution in [3.05, 3.63) is 22.4 Å². The largest absolute Gasteiger partial charge is 0.398 e. The molecule has 1 aromatic carbocycles. The van der Waals surface area contributed by atoms with Gasteiger partial charge in [-0.15, -0.1) is 0 Å². The Bertz CT molecular complexity index is 672. The van der Waals surface area contributed by atoms with Gasteiger partial charge in [0.2, 0.25) is 10.0 Å². The van der Waals surface area contributed by atoms with Crippen molar-refractivity contribution in [1.82, 2.24) is 4.72 Å². The predicted molar refractivity (Wildman–Crippen MR) is 84.8 cm³/mol. The molecule has 2 rings (SSSR count). The van der Waals surface area contributed by atoms with Gasteiger partial charge in [-0.3, -0.25) is 0 Å². The average molecular weight is 379 g/mol. The summed E-state index contributed by atoms with van der Waals surface area (Å²) in [6.45, 7) is 8.82. The van der Waals surface area contributed by atoms with Gasteiger partial charge in [-0.25, -0.2) is 17.5 Å². The molecule has 0 radical (unpaired) electrons. The first-order valence-corrected chi connectivity index (χ1v) is 8.93. The van der Waals surface area contributed by atoms with Crippen molar-refractivity contribution >= 4 is 31.6 Å². The summed E-state index contributed by atoms with van der Waals surface area (Å²) in [5, 5.41) is 0. The Morgan fingerprint density at radius 3 is 2.29 bits per heavy atom. The molecule has 0 atom stereocenters. The Morgan fingerprint density at radius 2 is 1.81 bits per heavy atom. The van der Waals surface area contributed by atoms with Gasteiger partial charge in [0, 0.05) is 6.54 Å². The van der Waals surface area contributed by atoms with Gasteiger partial charge >= 0.3 is 0 Å². The fraction of sp³-hybridized carbons (Fsp3) is 0.571. The zero-order valence-electron chi connectivity index (χ0n) is 12.5. The fourth-order valence-corrected chi connectivity index (χ4v) is 4.57. The maximum absolute atomic E-state index is 13.3. The van der Waals surface area contributed by atoms with Gasteiger partial charge in [0.05, 0.1) is 10.2 Å². The third-order valence-electron chi connectivity index (χ3n) is 5.14. The van der Waals surface area contributed by atoms with E-state index in [-0.39, 0.29) is 31.8 Å². The number of sulfonamides is 1. The number of nitrogens with one attached hydrogen (secondary N) is 1. The highest BCUT2D eigenvalue weighted by Crippen LogP contribution is 2.68. The van der Waals surface area contributed by atoms with Gasteiger partial charge in [-0.1, -0.05) is 27.7 Å². The van der Waals surface area contributed by atoms with Gasteiger partial charge in [0.15, 0.2) is 0 Å². The van der Waals surface area contributed by atoms with Gasteiger partial charge in [-0.2, -0.15) is 0 Å². The lowest BCUT2D eigenvalue weighted by Gasteiger charge is -2.11. The minimum Gasteiger partial charge on any atom is -0.398 e.